The zero-order valence-corrected chi connectivity index (χ0v) is 10.9. The summed E-state index contributed by atoms with van der Waals surface area (Å²) < 4.78 is 6.80. The van der Waals surface area contributed by atoms with Crippen molar-refractivity contribution in [3.05, 3.63) is 65.3 Å². The Hall–Kier alpha value is -3.08. The smallest absolute Gasteiger partial charge is 0.261 e. The van der Waals surface area contributed by atoms with Gasteiger partial charge in [0.2, 0.25) is 5.88 Å². The Kier molecular flexibility index (Phi) is 2.35. The summed E-state index contributed by atoms with van der Waals surface area (Å²) in [5, 5.41) is 10.4. The Bertz CT molecular complexity index is 1030. The molecule has 0 saturated heterocycles. The number of pyridine rings is 1. The SMILES string of the molecule is O=c1cc(O)nc2ccc(-c3cccc4occc34)cn12. The Morgan fingerprint density at radius 2 is 2.05 bits per heavy atom. The van der Waals surface area contributed by atoms with Crippen LogP contribution in [0.3, 0.4) is 0 Å². The molecule has 21 heavy (non-hydrogen) atoms. The van der Waals surface area contributed by atoms with Crippen molar-refractivity contribution in [1.29, 1.82) is 0 Å². The van der Waals surface area contributed by atoms with Gasteiger partial charge < -0.3 is 9.52 Å². The van der Waals surface area contributed by atoms with Gasteiger partial charge in [-0.15, -0.1) is 0 Å². The summed E-state index contributed by atoms with van der Waals surface area (Å²) in [5.74, 6) is -0.273. The van der Waals surface area contributed by atoms with Crippen LogP contribution in [0.2, 0.25) is 0 Å². The molecule has 0 aliphatic rings. The van der Waals surface area contributed by atoms with E-state index in [2.05, 4.69) is 4.98 Å². The minimum Gasteiger partial charge on any atom is -0.493 e. The monoisotopic (exact) mass is 278 g/mol. The fraction of sp³-hybridized carbons (Fsp3) is 0. The fourth-order valence-corrected chi connectivity index (χ4v) is 2.50. The first-order valence-electron chi connectivity index (χ1n) is 6.41. The number of aromatic nitrogens is 2. The molecule has 0 unspecified atom stereocenters. The molecule has 0 saturated carbocycles. The molecule has 0 aliphatic carbocycles. The van der Waals surface area contributed by atoms with E-state index in [1.165, 1.54) is 4.40 Å². The van der Waals surface area contributed by atoms with Crippen LogP contribution in [-0.4, -0.2) is 14.5 Å². The van der Waals surface area contributed by atoms with Crippen molar-refractivity contribution in [2.45, 2.75) is 0 Å². The van der Waals surface area contributed by atoms with E-state index in [4.69, 9.17) is 4.42 Å². The standard InChI is InChI=1S/C16H10N2O3/c19-15-8-16(20)18-9-10(4-5-14(18)17-15)11-2-1-3-13-12(11)6-7-21-13/h1-9,19H. The number of hydrogen-bond donors (Lipinski definition) is 1. The number of rotatable bonds is 1. The lowest BCUT2D eigenvalue weighted by Gasteiger charge is -2.06. The third kappa shape index (κ3) is 1.79. The molecular weight excluding hydrogens is 268 g/mol. The van der Waals surface area contributed by atoms with Gasteiger partial charge in [-0.1, -0.05) is 12.1 Å². The molecule has 0 spiro atoms. The number of aromatic hydroxyl groups is 1. The van der Waals surface area contributed by atoms with Crippen molar-refractivity contribution in [2.24, 2.45) is 0 Å². The van der Waals surface area contributed by atoms with E-state index in [-0.39, 0.29) is 11.4 Å². The van der Waals surface area contributed by atoms with E-state index in [9.17, 15) is 9.90 Å². The second kappa shape index (κ2) is 4.21. The van der Waals surface area contributed by atoms with Gasteiger partial charge in [0.25, 0.3) is 5.56 Å². The van der Waals surface area contributed by atoms with Crippen molar-refractivity contribution >= 4 is 16.6 Å². The predicted octanol–water partition coefficient (Wildman–Crippen LogP) is 2.81. The second-order valence-electron chi connectivity index (χ2n) is 4.74. The van der Waals surface area contributed by atoms with Gasteiger partial charge in [0, 0.05) is 11.6 Å². The van der Waals surface area contributed by atoms with Crippen LogP contribution in [-0.2, 0) is 0 Å². The number of hydrogen-bond acceptors (Lipinski definition) is 4. The highest BCUT2D eigenvalue weighted by molar-refractivity contribution is 5.93. The number of furan rings is 1. The van der Waals surface area contributed by atoms with Gasteiger partial charge in [-0.25, -0.2) is 0 Å². The van der Waals surface area contributed by atoms with Crippen molar-refractivity contribution in [3.63, 3.8) is 0 Å². The molecule has 4 aromatic rings. The maximum atomic E-state index is 11.9. The molecular formula is C16H10N2O3. The van der Waals surface area contributed by atoms with E-state index in [1.54, 1.807) is 18.5 Å². The second-order valence-corrected chi connectivity index (χ2v) is 4.74. The van der Waals surface area contributed by atoms with Crippen LogP contribution in [0.15, 0.2) is 64.1 Å². The molecule has 0 radical (unpaired) electrons. The van der Waals surface area contributed by atoms with Crippen LogP contribution < -0.4 is 5.56 Å². The van der Waals surface area contributed by atoms with Crippen molar-refractivity contribution in [2.75, 3.05) is 0 Å². The van der Waals surface area contributed by atoms with E-state index in [0.717, 1.165) is 28.2 Å². The third-order valence-electron chi connectivity index (χ3n) is 3.45. The van der Waals surface area contributed by atoms with Gasteiger partial charge in [0.15, 0.2) is 0 Å². The number of fused-ring (bicyclic) bond motifs is 2. The minimum atomic E-state index is -0.321. The molecule has 4 rings (SSSR count). The zero-order valence-electron chi connectivity index (χ0n) is 10.9. The molecule has 0 atom stereocenters. The third-order valence-corrected chi connectivity index (χ3v) is 3.45. The summed E-state index contributed by atoms with van der Waals surface area (Å²) in [6, 6.07) is 12.3. The lowest BCUT2D eigenvalue weighted by Crippen LogP contribution is -2.12. The average molecular weight is 278 g/mol. The lowest BCUT2D eigenvalue weighted by atomic mass is 10.0. The highest BCUT2D eigenvalue weighted by Gasteiger charge is 2.08. The average Bonchev–Trinajstić information content (AvgIpc) is 2.95. The van der Waals surface area contributed by atoms with Gasteiger partial charge in [0.1, 0.15) is 11.2 Å². The maximum Gasteiger partial charge on any atom is 0.261 e. The first kappa shape index (κ1) is 11.7. The molecule has 1 aromatic carbocycles. The minimum absolute atomic E-state index is 0.273. The molecule has 5 heteroatoms. The predicted molar refractivity (Wildman–Crippen MR) is 78.3 cm³/mol. The maximum absolute atomic E-state index is 11.9. The highest BCUT2D eigenvalue weighted by Crippen LogP contribution is 2.29. The molecule has 3 aromatic heterocycles. The lowest BCUT2D eigenvalue weighted by molar-refractivity contribution is 0.453. The number of benzene rings is 1. The normalized spacial score (nSPS) is 11.2. The van der Waals surface area contributed by atoms with E-state index in [1.807, 2.05) is 30.3 Å². The molecule has 5 nitrogen and oxygen atoms in total. The molecule has 1 N–H and O–H groups in total. The van der Waals surface area contributed by atoms with Crippen LogP contribution in [0.1, 0.15) is 0 Å². The van der Waals surface area contributed by atoms with Gasteiger partial charge >= 0.3 is 0 Å². The molecule has 0 fully saturated rings. The van der Waals surface area contributed by atoms with Crippen LogP contribution in [0.5, 0.6) is 5.88 Å². The highest BCUT2D eigenvalue weighted by atomic mass is 16.3. The summed E-state index contributed by atoms with van der Waals surface area (Å²) in [6.07, 6.45) is 3.35. The fourth-order valence-electron chi connectivity index (χ4n) is 2.50. The van der Waals surface area contributed by atoms with Crippen molar-refractivity contribution in [1.82, 2.24) is 9.38 Å². The molecule has 0 amide bonds. The van der Waals surface area contributed by atoms with E-state index < -0.39 is 0 Å². The van der Waals surface area contributed by atoms with Crippen molar-refractivity contribution < 1.29 is 9.52 Å². The largest absolute Gasteiger partial charge is 0.493 e. The van der Waals surface area contributed by atoms with Gasteiger partial charge in [0.05, 0.1) is 12.3 Å². The van der Waals surface area contributed by atoms with Gasteiger partial charge in [-0.3, -0.25) is 9.20 Å². The van der Waals surface area contributed by atoms with Gasteiger partial charge in [-0.05, 0) is 35.4 Å². The summed E-state index contributed by atoms with van der Waals surface area (Å²) in [6.45, 7) is 0. The Labute approximate surface area is 118 Å². The number of nitrogens with zero attached hydrogens (tertiary/aromatic N) is 2. The molecule has 3 heterocycles. The molecule has 102 valence electrons. The van der Waals surface area contributed by atoms with Crippen molar-refractivity contribution in [3.8, 4) is 17.0 Å². The summed E-state index contributed by atoms with van der Waals surface area (Å²) >= 11 is 0. The van der Waals surface area contributed by atoms with Crippen LogP contribution in [0.25, 0.3) is 27.7 Å². The Balaban J connectivity index is 2.03. The van der Waals surface area contributed by atoms with Crippen LogP contribution >= 0.6 is 0 Å². The Morgan fingerprint density at radius 1 is 1.14 bits per heavy atom. The van der Waals surface area contributed by atoms with E-state index >= 15 is 0 Å². The van der Waals surface area contributed by atoms with Crippen LogP contribution in [0.4, 0.5) is 0 Å². The summed E-state index contributed by atoms with van der Waals surface area (Å²) in [4.78, 5) is 15.9. The molecule has 0 bridgehead atoms. The first-order chi connectivity index (χ1) is 10.2. The first-order valence-corrected chi connectivity index (χ1v) is 6.41. The van der Waals surface area contributed by atoms with Crippen LogP contribution in [0, 0.1) is 0 Å². The Morgan fingerprint density at radius 3 is 2.95 bits per heavy atom. The summed E-state index contributed by atoms with van der Waals surface area (Å²) in [5.41, 5.74) is 2.73. The molecule has 0 aliphatic heterocycles. The summed E-state index contributed by atoms with van der Waals surface area (Å²) in [7, 11) is 0. The zero-order chi connectivity index (χ0) is 14.4. The topological polar surface area (TPSA) is 67.7 Å². The van der Waals surface area contributed by atoms with E-state index in [0.29, 0.717) is 5.65 Å². The quantitative estimate of drug-likeness (QED) is 0.581. The van der Waals surface area contributed by atoms with Gasteiger partial charge in [-0.2, -0.15) is 4.98 Å².